The van der Waals surface area contributed by atoms with Crippen LogP contribution in [-0.2, 0) is 6.42 Å². The van der Waals surface area contributed by atoms with Crippen LogP contribution in [0.15, 0.2) is 66.9 Å². The molecule has 3 rings (SSSR count). The predicted molar refractivity (Wildman–Crippen MR) is 110 cm³/mol. The number of nitrogens with one attached hydrogen (secondary N) is 2. The van der Waals surface area contributed by atoms with Crippen LogP contribution in [0, 0.1) is 0 Å². The molecular weight excluding hydrogens is 354 g/mol. The van der Waals surface area contributed by atoms with Gasteiger partial charge in [0.1, 0.15) is 17.2 Å². The van der Waals surface area contributed by atoms with Crippen molar-refractivity contribution in [2.75, 3.05) is 26.1 Å². The molecule has 6 heteroatoms. The van der Waals surface area contributed by atoms with Gasteiger partial charge >= 0.3 is 0 Å². The van der Waals surface area contributed by atoms with Crippen LogP contribution < -0.4 is 20.1 Å². The maximum Gasteiger partial charge on any atom is 0.269 e. The molecule has 2 N–H and O–H groups in total. The zero-order valence-corrected chi connectivity index (χ0v) is 15.9. The lowest BCUT2D eigenvalue weighted by atomic mass is 10.1. The molecule has 0 radical (unpaired) electrons. The zero-order chi connectivity index (χ0) is 19.8. The predicted octanol–water partition coefficient (Wildman–Crippen LogP) is 3.81. The van der Waals surface area contributed by atoms with Crippen molar-refractivity contribution in [3.63, 3.8) is 0 Å². The molecule has 0 atom stereocenters. The van der Waals surface area contributed by atoms with Gasteiger partial charge in [0.2, 0.25) is 0 Å². The van der Waals surface area contributed by atoms with Gasteiger partial charge in [-0.1, -0.05) is 30.3 Å². The second-order valence-corrected chi connectivity index (χ2v) is 6.07. The normalized spacial score (nSPS) is 10.2. The summed E-state index contributed by atoms with van der Waals surface area (Å²) in [4.78, 5) is 16.6. The number of carbonyl (C=O) groups excluding carboxylic acids is 1. The molecule has 6 nitrogen and oxygen atoms in total. The Bertz CT molecular complexity index is 944. The molecule has 0 bridgehead atoms. The van der Waals surface area contributed by atoms with E-state index in [0.29, 0.717) is 18.7 Å². The minimum Gasteiger partial charge on any atom is -0.496 e. The summed E-state index contributed by atoms with van der Waals surface area (Å²) in [7, 11) is 3.26. The maximum absolute atomic E-state index is 12.5. The maximum atomic E-state index is 12.5. The second-order valence-electron chi connectivity index (χ2n) is 6.07. The van der Waals surface area contributed by atoms with Crippen LogP contribution in [0.3, 0.4) is 0 Å². The lowest BCUT2D eigenvalue weighted by Crippen LogP contribution is -2.26. The van der Waals surface area contributed by atoms with E-state index in [-0.39, 0.29) is 5.91 Å². The van der Waals surface area contributed by atoms with Crippen molar-refractivity contribution in [3.8, 4) is 11.5 Å². The van der Waals surface area contributed by atoms with Gasteiger partial charge in [-0.2, -0.15) is 0 Å². The number of aromatic nitrogens is 1. The number of benzene rings is 2. The Labute approximate surface area is 164 Å². The highest BCUT2D eigenvalue weighted by molar-refractivity contribution is 5.93. The van der Waals surface area contributed by atoms with E-state index in [4.69, 9.17) is 9.47 Å². The van der Waals surface area contributed by atoms with E-state index in [9.17, 15) is 4.79 Å². The standard InChI is InChI=1S/C22H23N3O3/c1-27-20-9-5-3-7-16(20)11-13-24-22(26)19-15-17(12-14-23-19)25-18-8-4-6-10-21(18)28-2/h3-10,12,14-15H,11,13H2,1-2H3,(H,23,25)(H,24,26). The molecule has 0 aliphatic carbocycles. The van der Waals surface area contributed by atoms with Crippen LogP contribution in [-0.4, -0.2) is 31.7 Å². The van der Waals surface area contributed by atoms with Crippen LogP contribution in [0.2, 0.25) is 0 Å². The smallest absolute Gasteiger partial charge is 0.269 e. The minimum absolute atomic E-state index is 0.224. The van der Waals surface area contributed by atoms with Crippen LogP contribution >= 0.6 is 0 Å². The molecule has 28 heavy (non-hydrogen) atoms. The fourth-order valence-electron chi connectivity index (χ4n) is 2.85. The Morgan fingerprint density at radius 3 is 2.46 bits per heavy atom. The molecule has 0 saturated heterocycles. The van der Waals surface area contributed by atoms with Crippen molar-refractivity contribution >= 4 is 17.3 Å². The molecule has 1 aromatic heterocycles. The van der Waals surface area contributed by atoms with E-state index in [0.717, 1.165) is 28.4 Å². The Morgan fingerprint density at radius 1 is 0.964 bits per heavy atom. The molecule has 0 spiro atoms. The van der Waals surface area contributed by atoms with Crippen molar-refractivity contribution in [1.82, 2.24) is 10.3 Å². The van der Waals surface area contributed by atoms with Crippen molar-refractivity contribution in [2.24, 2.45) is 0 Å². The largest absolute Gasteiger partial charge is 0.496 e. The van der Waals surface area contributed by atoms with Gasteiger partial charge in [-0.15, -0.1) is 0 Å². The van der Waals surface area contributed by atoms with E-state index in [1.165, 1.54) is 0 Å². The Morgan fingerprint density at radius 2 is 1.68 bits per heavy atom. The summed E-state index contributed by atoms with van der Waals surface area (Å²) in [6.07, 6.45) is 2.28. The summed E-state index contributed by atoms with van der Waals surface area (Å²) in [6.45, 7) is 0.491. The summed E-state index contributed by atoms with van der Waals surface area (Å²) in [5.74, 6) is 1.32. The first-order chi connectivity index (χ1) is 13.7. The molecule has 2 aromatic carbocycles. The number of hydrogen-bond acceptors (Lipinski definition) is 5. The lowest BCUT2D eigenvalue weighted by Gasteiger charge is -2.12. The molecule has 144 valence electrons. The van der Waals surface area contributed by atoms with E-state index >= 15 is 0 Å². The Kier molecular flexibility index (Phi) is 6.46. The van der Waals surface area contributed by atoms with Gasteiger partial charge in [0.15, 0.2) is 0 Å². The molecule has 3 aromatic rings. The van der Waals surface area contributed by atoms with E-state index in [2.05, 4.69) is 15.6 Å². The quantitative estimate of drug-likeness (QED) is 0.624. The number of pyridine rings is 1. The fourth-order valence-corrected chi connectivity index (χ4v) is 2.85. The number of nitrogens with zero attached hydrogens (tertiary/aromatic N) is 1. The summed E-state index contributed by atoms with van der Waals surface area (Å²) >= 11 is 0. The van der Waals surface area contributed by atoms with Gasteiger partial charge in [0.05, 0.1) is 19.9 Å². The van der Waals surface area contributed by atoms with Gasteiger partial charge < -0.3 is 20.1 Å². The first-order valence-corrected chi connectivity index (χ1v) is 8.97. The SMILES string of the molecule is COc1ccccc1CCNC(=O)c1cc(Nc2ccccc2OC)ccn1. The van der Waals surface area contributed by atoms with E-state index in [1.807, 2.05) is 48.5 Å². The molecule has 1 heterocycles. The summed E-state index contributed by atoms with van der Waals surface area (Å²) < 4.78 is 10.7. The van der Waals surface area contributed by atoms with Gasteiger partial charge in [0.25, 0.3) is 5.91 Å². The molecule has 0 saturated carbocycles. The third-order valence-corrected chi connectivity index (χ3v) is 4.25. The van der Waals surface area contributed by atoms with Crippen LogP contribution in [0.25, 0.3) is 0 Å². The number of methoxy groups -OCH3 is 2. The molecule has 1 amide bonds. The summed E-state index contributed by atoms with van der Waals surface area (Å²) in [5, 5.41) is 6.16. The van der Waals surface area contributed by atoms with Crippen molar-refractivity contribution in [1.29, 1.82) is 0 Å². The number of hydrogen-bond donors (Lipinski definition) is 2. The zero-order valence-electron chi connectivity index (χ0n) is 15.9. The molecule has 0 fully saturated rings. The average Bonchev–Trinajstić information content (AvgIpc) is 2.74. The van der Waals surface area contributed by atoms with Crippen LogP contribution in [0.5, 0.6) is 11.5 Å². The fraction of sp³-hybridized carbons (Fsp3) is 0.182. The highest BCUT2D eigenvalue weighted by Crippen LogP contribution is 2.27. The van der Waals surface area contributed by atoms with E-state index < -0.39 is 0 Å². The monoisotopic (exact) mass is 377 g/mol. The second kappa shape index (κ2) is 9.41. The molecule has 0 aliphatic rings. The van der Waals surface area contributed by atoms with Gasteiger partial charge in [-0.3, -0.25) is 9.78 Å². The summed E-state index contributed by atoms with van der Waals surface area (Å²) in [5.41, 5.74) is 2.97. The molecule has 0 aliphatic heterocycles. The van der Waals surface area contributed by atoms with Gasteiger partial charge in [-0.05, 0) is 42.3 Å². The van der Waals surface area contributed by atoms with Crippen molar-refractivity contribution in [3.05, 3.63) is 78.1 Å². The lowest BCUT2D eigenvalue weighted by molar-refractivity contribution is 0.0949. The number of rotatable bonds is 8. The highest BCUT2D eigenvalue weighted by atomic mass is 16.5. The third kappa shape index (κ3) is 4.79. The number of anilines is 2. The van der Waals surface area contributed by atoms with Crippen molar-refractivity contribution in [2.45, 2.75) is 6.42 Å². The van der Waals surface area contributed by atoms with E-state index in [1.54, 1.807) is 32.5 Å². The Hall–Kier alpha value is -3.54. The summed E-state index contributed by atoms with van der Waals surface area (Å²) in [6, 6.07) is 18.9. The average molecular weight is 377 g/mol. The molecule has 0 unspecified atom stereocenters. The highest BCUT2D eigenvalue weighted by Gasteiger charge is 2.10. The van der Waals surface area contributed by atoms with Crippen molar-refractivity contribution < 1.29 is 14.3 Å². The van der Waals surface area contributed by atoms with Gasteiger partial charge in [0, 0.05) is 18.4 Å². The first-order valence-electron chi connectivity index (χ1n) is 8.97. The first kappa shape index (κ1) is 19.2. The number of ether oxygens (including phenoxy) is 2. The van der Waals surface area contributed by atoms with Gasteiger partial charge in [-0.25, -0.2) is 0 Å². The number of carbonyl (C=O) groups is 1. The van der Waals surface area contributed by atoms with Crippen LogP contribution in [0.4, 0.5) is 11.4 Å². The number of para-hydroxylation sites is 3. The topological polar surface area (TPSA) is 72.5 Å². The molecular formula is C22H23N3O3. The Balaban J connectivity index is 1.62. The number of amides is 1. The van der Waals surface area contributed by atoms with Crippen LogP contribution in [0.1, 0.15) is 16.1 Å². The minimum atomic E-state index is -0.224. The third-order valence-electron chi connectivity index (χ3n) is 4.25.